The summed E-state index contributed by atoms with van der Waals surface area (Å²) in [6, 6.07) is 31.8. The van der Waals surface area contributed by atoms with Gasteiger partial charge in [0.15, 0.2) is 0 Å². The fraction of sp³-hybridized carbons (Fsp3) is 0.563. The highest BCUT2D eigenvalue weighted by Crippen LogP contribution is 2.31. The summed E-state index contributed by atoms with van der Waals surface area (Å²) in [7, 11) is 0. The van der Waals surface area contributed by atoms with Gasteiger partial charge in [0.25, 0.3) is 0 Å². The summed E-state index contributed by atoms with van der Waals surface area (Å²) in [6.45, 7) is 29.5. The van der Waals surface area contributed by atoms with Gasteiger partial charge < -0.3 is 69.1 Å². The number of hydrogen-bond donors (Lipinski definition) is 3. The number of nitrogens with two attached hydrogens (primary N) is 1. The van der Waals surface area contributed by atoms with Crippen LogP contribution in [0.5, 0.6) is 0 Å². The fourth-order valence-corrected chi connectivity index (χ4v) is 11.8. The van der Waals surface area contributed by atoms with E-state index >= 15 is 0 Å². The molecule has 22 heteroatoms. The summed E-state index contributed by atoms with van der Waals surface area (Å²) < 4.78 is 22.3. The second-order valence-corrected chi connectivity index (χ2v) is 28.7. The molecule has 6 atom stereocenters. The van der Waals surface area contributed by atoms with Gasteiger partial charge in [0, 0.05) is 115 Å². The van der Waals surface area contributed by atoms with E-state index in [2.05, 4.69) is 9.80 Å². The number of benzene rings is 4. The van der Waals surface area contributed by atoms with Crippen molar-refractivity contribution in [3.8, 4) is 0 Å². The summed E-state index contributed by atoms with van der Waals surface area (Å²) in [4.78, 5) is 106. The van der Waals surface area contributed by atoms with Crippen molar-refractivity contribution >= 4 is 53.3 Å². The number of piperazine rings is 4. The molecule has 0 saturated carbocycles. The molecule has 6 amide bonds. The van der Waals surface area contributed by atoms with E-state index < -0.39 is 70.8 Å². The molecular formula is C71H101N9O13. The predicted octanol–water partition coefficient (Wildman–Crippen LogP) is 8.51. The SMILES string of the molecule is CC(=O)C[C@@H](Cc1cccc(N2CCN(C(=O)OC(C)(C)C)CC2)c1)[C@H](O)[C@H]1C(=O)N(Cc2ccccc2)CCN1C(=O)OC(C)(C)C.CC(C)(C)OC(=O)N1CCN(c2cccc(C[C@H](N)[C@H](O)[C@H]3C(=O)N(Cc4ccccc4)CCN3C(=O)OC(C)(C)C)c2)CC1. The van der Waals surface area contributed by atoms with Crippen molar-refractivity contribution in [3.63, 3.8) is 0 Å². The van der Waals surface area contributed by atoms with E-state index in [1.54, 1.807) is 61.1 Å². The number of anilines is 2. The molecule has 4 aromatic carbocycles. The van der Waals surface area contributed by atoms with E-state index in [-0.39, 0.29) is 62.3 Å². The third kappa shape index (κ3) is 21.5. The normalized spacial score (nSPS) is 19.0. The number of carbonyl (C=O) groups is 7. The minimum atomic E-state index is -1.33. The molecule has 4 heterocycles. The third-order valence-electron chi connectivity index (χ3n) is 16.2. The van der Waals surface area contributed by atoms with Gasteiger partial charge in [-0.15, -0.1) is 0 Å². The van der Waals surface area contributed by atoms with Crippen LogP contribution in [0.15, 0.2) is 109 Å². The average molecular weight is 1290 g/mol. The highest BCUT2D eigenvalue weighted by Gasteiger charge is 2.48. The van der Waals surface area contributed by atoms with Crippen LogP contribution >= 0.6 is 0 Å². The van der Waals surface area contributed by atoms with Crippen LogP contribution in [0.3, 0.4) is 0 Å². The Bertz CT molecular complexity index is 3160. The first-order valence-corrected chi connectivity index (χ1v) is 32.5. The molecule has 4 N–H and O–H groups in total. The lowest BCUT2D eigenvalue weighted by Gasteiger charge is -2.44. The van der Waals surface area contributed by atoms with Gasteiger partial charge in [-0.1, -0.05) is 84.9 Å². The van der Waals surface area contributed by atoms with Crippen LogP contribution in [-0.4, -0.2) is 213 Å². The molecule has 0 radical (unpaired) electrons. The number of ether oxygens (including phenoxy) is 4. The van der Waals surface area contributed by atoms with Gasteiger partial charge in [-0.3, -0.25) is 19.4 Å². The molecule has 4 fully saturated rings. The van der Waals surface area contributed by atoms with Crippen molar-refractivity contribution < 1.29 is 62.7 Å². The lowest BCUT2D eigenvalue weighted by atomic mass is 9.84. The third-order valence-corrected chi connectivity index (χ3v) is 16.2. The molecule has 0 aliphatic carbocycles. The predicted molar refractivity (Wildman–Crippen MR) is 356 cm³/mol. The molecule has 8 rings (SSSR count). The molecule has 4 aliphatic heterocycles. The monoisotopic (exact) mass is 1290 g/mol. The Balaban J connectivity index is 0.000000264. The van der Waals surface area contributed by atoms with Gasteiger partial charge in [-0.25, -0.2) is 19.2 Å². The maximum absolute atomic E-state index is 14.1. The van der Waals surface area contributed by atoms with Gasteiger partial charge in [0.1, 0.15) is 40.3 Å². The van der Waals surface area contributed by atoms with Crippen molar-refractivity contribution in [1.29, 1.82) is 0 Å². The summed E-state index contributed by atoms with van der Waals surface area (Å²) in [6.07, 6.45) is -3.97. The molecule has 0 unspecified atom stereocenters. The average Bonchev–Trinajstić information content (AvgIpc) is 0.797. The van der Waals surface area contributed by atoms with Crippen LogP contribution in [0.1, 0.15) is 119 Å². The van der Waals surface area contributed by atoms with Crippen molar-refractivity contribution in [2.24, 2.45) is 11.7 Å². The van der Waals surface area contributed by atoms with Crippen LogP contribution in [0.25, 0.3) is 0 Å². The maximum atomic E-state index is 14.1. The smallest absolute Gasteiger partial charge is 0.411 e. The van der Waals surface area contributed by atoms with Crippen molar-refractivity contribution in [1.82, 2.24) is 29.4 Å². The molecule has 4 saturated heterocycles. The first-order chi connectivity index (χ1) is 43.6. The van der Waals surface area contributed by atoms with Gasteiger partial charge >= 0.3 is 24.4 Å². The summed E-state index contributed by atoms with van der Waals surface area (Å²) >= 11 is 0. The number of hydrogen-bond acceptors (Lipinski definition) is 16. The Hall–Kier alpha value is -7.95. The molecule has 4 aliphatic rings. The zero-order valence-corrected chi connectivity index (χ0v) is 56.9. The summed E-state index contributed by atoms with van der Waals surface area (Å²) in [5.74, 6) is -1.51. The minimum absolute atomic E-state index is 0.0323. The highest BCUT2D eigenvalue weighted by atomic mass is 16.6. The molecule has 4 aromatic rings. The van der Waals surface area contributed by atoms with Gasteiger partial charge in [0.2, 0.25) is 11.8 Å². The number of Topliss-reactive ketones (excluding diaryl/α,β-unsaturated/α-hetero) is 1. The molecule has 22 nitrogen and oxygen atoms in total. The van der Waals surface area contributed by atoms with Crippen molar-refractivity contribution in [2.75, 3.05) is 88.3 Å². The second-order valence-electron chi connectivity index (χ2n) is 28.7. The maximum Gasteiger partial charge on any atom is 0.411 e. The Morgan fingerprint density at radius 2 is 0.796 bits per heavy atom. The van der Waals surface area contributed by atoms with E-state index in [0.29, 0.717) is 78.4 Å². The number of nitrogens with zero attached hydrogens (tertiary/aromatic N) is 8. The lowest BCUT2D eigenvalue weighted by molar-refractivity contribution is -0.150. The van der Waals surface area contributed by atoms with Gasteiger partial charge in [-0.05, 0) is 155 Å². The largest absolute Gasteiger partial charge is 0.444 e. The fourth-order valence-electron chi connectivity index (χ4n) is 11.8. The second kappa shape index (κ2) is 31.3. The standard InChI is InChI=1S/C37H52N4O7.C34H49N5O6/c1-26(42)22-29(23-28-14-11-15-30(24-28)38-16-18-39(19-17-38)34(45)47-36(2,3)4)32(43)31-33(44)40(25-27-12-9-8-10-13-27)20-21-41(31)35(46)48-37(5,6)7;1-33(2,3)44-31(42)37-17-15-36(16-18-37)26-14-10-13-25(21-26)22-27(35)29(40)28-30(41)38(23-24-11-8-7-9-12-24)19-20-39(28)32(43)45-34(4,5)6/h8-15,24,29,31-32,43H,16-23,25H2,1-7H3;7-14,21,27-29,40H,15-20,22-23,35H2,1-6H3/t29-,31-,32-;27-,28-,29-/m00/s1. The molecule has 0 aromatic heterocycles. The zero-order chi connectivity index (χ0) is 68.2. The molecule has 93 heavy (non-hydrogen) atoms. The first-order valence-electron chi connectivity index (χ1n) is 32.5. The highest BCUT2D eigenvalue weighted by molar-refractivity contribution is 5.89. The van der Waals surface area contributed by atoms with Gasteiger partial charge in [0.05, 0.1) is 12.2 Å². The lowest BCUT2D eigenvalue weighted by Crippen LogP contribution is -2.65. The zero-order valence-electron chi connectivity index (χ0n) is 56.9. The molecule has 0 bridgehead atoms. The Morgan fingerprint density at radius 1 is 0.452 bits per heavy atom. The van der Waals surface area contributed by atoms with Crippen molar-refractivity contribution in [3.05, 3.63) is 131 Å². The van der Waals surface area contributed by atoms with Crippen molar-refractivity contribution in [2.45, 2.75) is 175 Å². The van der Waals surface area contributed by atoms with E-state index in [1.807, 2.05) is 151 Å². The minimum Gasteiger partial charge on any atom is -0.444 e. The number of aliphatic hydroxyl groups is 2. The van der Waals surface area contributed by atoms with E-state index in [4.69, 9.17) is 24.7 Å². The summed E-state index contributed by atoms with van der Waals surface area (Å²) in [5, 5.41) is 23.6. The number of aliphatic hydroxyl groups excluding tert-OH is 2. The van der Waals surface area contributed by atoms with E-state index in [1.165, 1.54) is 16.7 Å². The first kappa shape index (κ1) is 72.5. The van der Waals surface area contributed by atoms with Crippen LogP contribution in [0.2, 0.25) is 0 Å². The number of ketones is 1. The molecule has 0 spiro atoms. The Labute approximate surface area is 549 Å². The molecular weight excluding hydrogens is 1190 g/mol. The molecule has 508 valence electrons. The number of carbonyl (C=O) groups excluding carboxylic acids is 7. The van der Waals surface area contributed by atoms with Crippen LogP contribution in [0, 0.1) is 5.92 Å². The van der Waals surface area contributed by atoms with E-state index in [0.717, 1.165) is 33.6 Å². The van der Waals surface area contributed by atoms with Crippen LogP contribution < -0.4 is 15.5 Å². The quantitative estimate of drug-likeness (QED) is 0.0890. The topological polar surface area (TPSA) is 249 Å². The van der Waals surface area contributed by atoms with Crippen LogP contribution in [0.4, 0.5) is 30.6 Å². The van der Waals surface area contributed by atoms with Crippen LogP contribution in [-0.2, 0) is 59.3 Å². The summed E-state index contributed by atoms with van der Waals surface area (Å²) in [5.41, 5.74) is 9.54. The Kier molecular flexibility index (Phi) is 24.4. The number of amides is 6. The van der Waals surface area contributed by atoms with E-state index in [9.17, 15) is 43.8 Å². The Morgan fingerprint density at radius 3 is 1.16 bits per heavy atom. The van der Waals surface area contributed by atoms with Gasteiger partial charge in [-0.2, -0.15) is 0 Å². The number of rotatable bonds is 16.